The van der Waals surface area contributed by atoms with Crippen LogP contribution in [0.15, 0.2) is 41.0 Å². The first-order valence-electron chi connectivity index (χ1n) is 10.6. The van der Waals surface area contributed by atoms with Gasteiger partial charge in [0.1, 0.15) is 12.2 Å². The van der Waals surface area contributed by atoms with Crippen molar-refractivity contribution >= 4 is 17.3 Å². The third-order valence-electron chi connectivity index (χ3n) is 5.00. The molecule has 1 saturated heterocycles. The molecule has 0 aromatic carbocycles. The van der Waals surface area contributed by atoms with E-state index in [1.54, 1.807) is 17.7 Å². The van der Waals surface area contributed by atoms with E-state index in [-0.39, 0.29) is 6.04 Å². The highest BCUT2D eigenvalue weighted by Crippen LogP contribution is 2.26. The maximum Gasteiger partial charge on any atom is 0.191 e. The molecule has 0 amide bonds. The molecule has 0 bridgehead atoms. The smallest absolute Gasteiger partial charge is 0.191 e. The number of guanidine groups is 1. The number of morpholine rings is 1. The predicted molar refractivity (Wildman–Crippen MR) is 122 cm³/mol. The third kappa shape index (κ3) is 6.65. The molecule has 0 saturated carbocycles. The average Bonchev–Trinajstić information content (AvgIpc) is 3.44. The summed E-state index contributed by atoms with van der Waals surface area (Å²) in [6.07, 6.45) is 2.65. The van der Waals surface area contributed by atoms with E-state index in [9.17, 15) is 0 Å². The zero-order valence-corrected chi connectivity index (χ0v) is 18.8. The van der Waals surface area contributed by atoms with Crippen LogP contribution in [-0.4, -0.2) is 71.6 Å². The Hall–Kier alpha value is -2.23. The van der Waals surface area contributed by atoms with Crippen LogP contribution in [0.1, 0.15) is 30.6 Å². The predicted octanol–water partition coefficient (Wildman–Crippen LogP) is 2.09. The van der Waals surface area contributed by atoms with Gasteiger partial charge in [-0.1, -0.05) is 25.1 Å². The molecule has 1 aliphatic heterocycles. The molecule has 0 radical (unpaired) electrons. The highest BCUT2D eigenvalue weighted by atomic mass is 32.1. The fourth-order valence-electron chi connectivity index (χ4n) is 3.38. The van der Waals surface area contributed by atoms with Crippen molar-refractivity contribution in [2.75, 3.05) is 45.9 Å². The minimum atomic E-state index is 0.266. The van der Waals surface area contributed by atoms with Crippen LogP contribution in [0.5, 0.6) is 0 Å². The Bertz CT molecular complexity index is 796. The Morgan fingerprint density at radius 2 is 2.20 bits per heavy atom. The van der Waals surface area contributed by atoms with Crippen molar-refractivity contribution in [3.05, 3.63) is 46.7 Å². The molecule has 164 valence electrons. The van der Waals surface area contributed by atoms with E-state index in [1.165, 1.54) is 4.88 Å². The minimum absolute atomic E-state index is 0.266. The van der Waals surface area contributed by atoms with Crippen molar-refractivity contribution < 1.29 is 4.74 Å². The van der Waals surface area contributed by atoms with E-state index in [1.807, 2.05) is 6.92 Å². The lowest BCUT2D eigenvalue weighted by molar-refractivity contribution is 0.0186. The number of thiophene rings is 1. The zero-order chi connectivity index (χ0) is 21.2. The van der Waals surface area contributed by atoms with E-state index in [0.717, 1.165) is 63.2 Å². The van der Waals surface area contributed by atoms with Gasteiger partial charge in [-0.3, -0.25) is 9.89 Å². The van der Waals surface area contributed by atoms with Crippen LogP contribution >= 0.6 is 11.3 Å². The van der Waals surface area contributed by atoms with Crippen LogP contribution in [0.4, 0.5) is 0 Å². The van der Waals surface area contributed by atoms with E-state index < -0.39 is 0 Å². The van der Waals surface area contributed by atoms with Gasteiger partial charge in [0, 0.05) is 44.0 Å². The number of hydrogen-bond acceptors (Lipinski definition) is 6. The minimum Gasteiger partial charge on any atom is -0.379 e. The molecule has 1 fully saturated rings. The topological polar surface area (TPSA) is 79.6 Å². The van der Waals surface area contributed by atoms with E-state index >= 15 is 0 Å². The summed E-state index contributed by atoms with van der Waals surface area (Å²) in [6, 6.07) is 4.58. The van der Waals surface area contributed by atoms with Gasteiger partial charge in [0.2, 0.25) is 0 Å². The summed E-state index contributed by atoms with van der Waals surface area (Å²) < 4.78 is 7.62. The molecule has 3 heterocycles. The standard InChI is InChI=1S/C21H33N7OS/c1-4-20-26-25-16-28(20)8-7-22-21(23-14-17(2)3)24-15-18(19-6-5-13-30-19)27-9-11-29-12-10-27/h5-6,13,16,18H,2,4,7-12,14-15H2,1,3H3,(H2,22,23,24). The zero-order valence-electron chi connectivity index (χ0n) is 18.0. The number of ether oxygens (including phenoxy) is 1. The molecule has 0 spiro atoms. The van der Waals surface area contributed by atoms with Gasteiger partial charge in [0.05, 0.1) is 25.8 Å². The van der Waals surface area contributed by atoms with Gasteiger partial charge in [-0.15, -0.1) is 21.5 Å². The molecule has 30 heavy (non-hydrogen) atoms. The number of aromatic nitrogens is 3. The molecule has 2 aromatic rings. The molecule has 9 heteroatoms. The van der Waals surface area contributed by atoms with Gasteiger partial charge < -0.3 is 19.9 Å². The van der Waals surface area contributed by atoms with Crippen LogP contribution in [-0.2, 0) is 17.7 Å². The number of aryl methyl sites for hydroxylation is 1. The van der Waals surface area contributed by atoms with Crippen molar-refractivity contribution in [1.82, 2.24) is 30.3 Å². The lowest BCUT2D eigenvalue weighted by atomic mass is 10.2. The number of rotatable bonds is 10. The molecule has 1 aliphatic rings. The summed E-state index contributed by atoms with van der Waals surface area (Å²) >= 11 is 1.79. The summed E-state index contributed by atoms with van der Waals surface area (Å²) in [6.45, 7) is 14.5. The van der Waals surface area contributed by atoms with Crippen molar-refractivity contribution in [2.24, 2.45) is 4.99 Å². The molecular weight excluding hydrogens is 398 g/mol. The van der Waals surface area contributed by atoms with Crippen molar-refractivity contribution in [1.29, 1.82) is 0 Å². The SMILES string of the molecule is C=C(C)CNC(=NCC(c1cccs1)N1CCOCC1)NCCn1cnnc1CC. The summed E-state index contributed by atoms with van der Waals surface area (Å²) in [5.74, 6) is 1.80. The largest absolute Gasteiger partial charge is 0.379 e. The second kappa shape index (κ2) is 11.8. The summed E-state index contributed by atoms with van der Waals surface area (Å²) in [7, 11) is 0. The van der Waals surface area contributed by atoms with Crippen LogP contribution in [0.25, 0.3) is 0 Å². The lowest BCUT2D eigenvalue weighted by Crippen LogP contribution is -2.42. The highest BCUT2D eigenvalue weighted by Gasteiger charge is 2.23. The Morgan fingerprint density at radius 3 is 2.90 bits per heavy atom. The first-order chi connectivity index (χ1) is 14.7. The summed E-state index contributed by atoms with van der Waals surface area (Å²) in [5, 5.41) is 17.1. The van der Waals surface area contributed by atoms with E-state index in [2.05, 4.69) is 61.3 Å². The second-order valence-corrected chi connectivity index (χ2v) is 8.38. The van der Waals surface area contributed by atoms with Crippen molar-refractivity contribution in [2.45, 2.75) is 32.9 Å². The molecule has 3 rings (SSSR count). The van der Waals surface area contributed by atoms with E-state index in [4.69, 9.17) is 9.73 Å². The molecule has 1 atom stereocenters. The lowest BCUT2D eigenvalue weighted by Gasteiger charge is -2.33. The Morgan fingerprint density at radius 1 is 1.37 bits per heavy atom. The maximum absolute atomic E-state index is 5.54. The van der Waals surface area contributed by atoms with Gasteiger partial charge in [-0.2, -0.15) is 0 Å². The van der Waals surface area contributed by atoms with Crippen molar-refractivity contribution in [3.8, 4) is 0 Å². The van der Waals surface area contributed by atoms with Gasteiger partial charge in [-0.25, -0.2) is 0 Å². The van der Waals surface area contributed by atoms with E-state index in [0.29, 0.717) is 13.1 Å². The van der Waals surface area contributed by atoms with Crippen LogP contribution in [0.2, 0.25) is 0 Å². The fraction of sp³-hybridized carbons (Fsp3) is 0.571. The summed E-state index contributed by atoms with van der Waals surface area (Å²) in [5.41, 5.74) is 1.07. The average molecular weight is 432 g/mol. The van der Waals surface area contributed by atoms with Crippen LogP contribution < -0.4 is 10.6 Å². The fourth-order valence-corrected chi connectivity index (χ4v) is 4.23. The van der Waals surface area contributed by atoms with Gasteiger partial charge >= 0.3 is 0 Å². The molecule has 0 aliphatic carbocycles. The van der Waals surface area contributed by atoms with Gasteiger partial charge in [0.25, 0.3) is 0 Å². The summed E-state index contributed by atoms with van der Waals surface area (Å²) in [4.78, 5) is 8.74. The number of nitrogens with one attached hydrogen (secondary N) is 2. The molecular formula is C21H33N7OS. The first kappa shape index (κ1) is 22.5. The number of nitrogens with zero attached hydrogens (tertiary/aromatic N) is 5. The number of hydrogen-bond donors (Lipinski definition) is 2. The molecule has 2 aromatic heterocycles. The molecule has 1 unspecified atom stereocenters. The quantitative estimate of drug-likeness (QED) is 0.341. The van der Waals surface area contributed by atoms with Gasteiger partial charge in [0.15, 0.2) is 5.96 Å². The van der Waals surface area contributed by atoms with Crippen LogP contribution in [0.3, 0.4) is 0 Å². The Labute approximate surface area is 183 Å². The highest BCUT2D eigenvalue weighted by molar-refractivity contribution is 7.10. The Balaban J connectivity index is 1.65. The molecule has 8 nitrogen and oxygen atoms in total. The van der Waals surface area contributed by atoms with Gasteiger partial charge in [-0.05, 0) is 18.4 Å². The number of aliphatic imine (C=N–C) groups is 1. The Kier molecular flexibility index (Phi) is 8.85. The third-order valence-corrected chi connectivity index (χ3v) is 5.97. The maximum atomic E-state index is 5.54. The monoisotopic (exact) mass is 431 g/mol. The van der Waals surface area contributed by atoms with Crippen LogP contribution in [0, 0.1) is 0 Å². The first-order valence-corrected chi connectivity index (χ1v) is 11.4. The second-order valence-electron chi connectivity index (χ2n) is 7.40. The normalized spacial score (nSPS) is 16.4. The molecule has 2 N–H and O–H groups in total. The van der Waals surface area contributed by atoms with Crippen molar-refractivity contribution in [3.63, 3.8) is 0 Å².